The molecule has 0 heterocycles. The first-order valence-corrected chi connectivity index (χ1v) is 10.7. The monoisotopic (exact) mass is 394 g/mol. The Balaban J connectivity index is 0.00000120. The molecule has 0 bridgehead atoms. The molecule has 0 spiro atoms. The summed E-state index contributed by atoms with van der Waals surface area (Å²) in [6.07, 6.45) is 0.898. The Bertz CT molecular complexity index is 742. The summed E-state index contributed by atoms with van der Waals surface area (Å²) in [5.41, 5.74) is 3.75. The van der Waals surface area contributed by atoms with Gasteiger partial charge in [0, 0.05) is 0 Å². The van der Waals surface area contributed by atoms with Gasteiger partial charge in [0.25, 0.3) is 0 Å². The molecule has 0 aliphatic rings. The van der Waals surface area contributed by atoms with Gasteiger partial charge in [0.2, 0.25) is 0 Å². The van der Waals surface area contributed by atoms with Crippen LogP contribution < -0.4 is 9.47 Å². The molecule has 29 heavy (non-hydrogen) atoms. The lowest BCUT2D eigenvalue weighted by molar-refractivity contribution is 0.414. The Morgan fingerprint density at radius 1 is 0.517 bits per heavy atom. The van der Waals surface area contributed by atoms with E-state index < -0.39 is 0 Å². The van der Waals surface area contributed by atoms with E-state index in [2.05, 4.69) is 31.2 Å². The Morgan fingerprint density at radius 2 is 0.862 bits per heavy atom. The van der Waals surface area contributed by atoms with Crippen LogP contribution in [-0.2, 0) is 6.42 Å². The van der Waals surface area contributed by atoms with E-state index in [1.165, 1.54) is 16.7 Å². The lowest BCUT2D eigenvalue weighted by Crippen LogP contribution is -1.90. The van der Waals surface area contributed by atoms with Crippen LogP contribution in [0.1, 0.15) is 58.2 Å². The van der Waals surface area contributed by atoms with E-state index in [4.69, 9.17) is 9.47 Å². The van der Waals surface area contributed by atoms with Crippen LogP contribution in [0.4, 0.5) is 0 Å². The Kier molecular flexibility index (Phi) is 14.7. The van der Waals surface area contributed by atoms with Crippen LogP contribution in [0.2, 0.25) is 0 Å². The van der Waals surface area contributed by atoms with Gasteiger partial charge in [-0.05, 0) is 60.9 Å². The van der Waals surface area contributed by atoms with Gasteiger partial charge in [-0.25, -0.2) is 0 Å². The molecule has 3 rings (SSSR count). The summed E-state index contributed by atoms with van der Waals surface area (Å²) in [5.74, 6) is 2.60. The van der Waals surface area contributed by atoms with Crippen molar-refractivity contribution >= 4 is 0 Å². The molecule has 0 aromatic heterocycles. The van der Waals surface area contributed by atoms with Crippen molar-refractivity contribution in [1.82, 2.24) is 0 Å². The summed E-state index contributed by atoms with van der Waals surface area (Å²) in [5, 5.41) is 0. The molecule has 0 aliphatic carbocycles. The van der Waals surface area contributed by atoms with Crippen molar-refractivity contribution in [1.29, 1.82) is 0 Å². The van der Waals surface area contributed by atoms with Crippen molar-refractivity contribution in [3.8, 4) is 17.2 Å². The molecule has 3 aromatic rings. The molecule has 0 saturated carbocycles. The maximum Gasteiger partial charge on any atom is 0.127 e. The number of methoxy groups -OCH3 is 1. The van der Waals surface area contributed by atoms with Crippen molar-refractivity contribution in [2.75, 3.05) is 7.11 Å². The first kappa shape index (κ1) is 26.3. The van der Waals surface area contributed by atoms with Gasteiger partial charge in [0.15, 0.2) is 0 Å². The molecule has 0 atom stereocenters. The largest absolute Gasteiger partial charge is 0.497 e. The second kappa shape index (κ2) is 16.2. The van der Waals surface area contributed by atoms with Gasteiger partial charge in [-0.3, -0.25) is 0 Å². The standard InChI is InChI=1S/C21H20O2.3C2H6/c1-16-3-9-20(10-4-16)23-21-13-7-18(8-14-21)15-17-5-11-19(22-2)12-6-17;3*1-2/h3-14H,15H2,1-2H3;3*1-2H3. The number of hydrogen-bond acceptors (Lipinski definition) is 2. The second-order valence-electron chi connectivity index (χ2n) is 5.58. The number of aryl methyl sites for hydroxylation is 1. The number of rotatable bonds is 5. The zero-order valence-corrected chi connectivity index (χ0v) is 19.5. The average molecular weight is 395 g/mol. The molecule has 0 amide bonds. The maximum atomic E-state index is 5.85. The summed E-state index contributed by atoms with van der Waals surface area (Å²) in [6, 6.07) is 24.5. The van der Waals surface area contributed by atoms with Crippen molar-refractivity contribution in [3.63, 3.8) is 0 Å². The molecule has 3 aromatic carbocycles. The summed E-state index contributed by atoms with van der Waals surface area (Å²) in [4.78, 5) is 0. The van der Waals surface area contributed by atoms with E-state index in [1.807, 2.05) is 90.1 Å². The lowest BCUT2D eigenvalue weighted by Gasteiger charge is -2.08. The van der Waals surface area contributed by atoms with Crippen molar-refractivity contribution in [2.24, 2.45) is 0 Å². The quantitative estimate of drug-likeness (QED) is 0.432. The molecular formula is C27H38O2. The first-order chi connectivity index (χ1) is 14.2. The highest BCUT2D eigenvalue weighted by molar-refractivity contribution is 5.36. The van der Waals surface area contributed by atoms with Gasteiger partial charge in [0.1, 0.15) is 17.2 Å². The van der Waals surface area contributed by atoms with Crippen LogP contribution in [0, 0.1) is 6.92 Å². The molecule has 0 fully saturated rings. The first-order valence-electron chi connectivity index (χ1n) is 10.7. The summed E-state index contributed by atoms with van der Waals surface area (Å²) in [7, 11) is 1.68. The SMILES string of the molecule is CC.CC.CC.COc1ccc(Cc2ccc(Oc3ccc(C)cc3)cc2)cc1. The second-order valence-corrected chi connectivity index (χ2v) is 5.58. The molecule has 158 valence electrons. The van der Waals surface area contributed by atoms with Crippen molar-refractivity contribution in [2.45, 2.75) is 54.9 Å². The molecule has 0 unspecified atom stereocenters. The number of benzene rings is 3. The van der Waals surface area contributed by atoms with Crippen molar-refractivity contribution in [3.05, 3.63) is 89.5 Å². The molecule has 2 heteroatoms. The minimum atomic E-state index is 0.854. The van der Waals surface area contributed by atoms with Crippen LogP contribution in [0.5, 0.6) is 17.2 Å². The molecular weight excluding hydrogens is 356 g/mol. The van der Waals surface area contributed by atoms with Crippen LogP contribution >= 0.6 is 0 Å². The Hall–Kier alpha value is -2.74. The summed E-state index contributed by atoms with van der Waals surface area (Å²) >= 11 is 0. The van der Waals surface area contributed by atoms with E-state index >= 15 is 0 Å². The van der Waals surface area contributed by atoms with Gasteiger partial charge in [-0.1, -0.05) is 83.5 Å². The predicted octanol–water partition coefficient (Wildman–Crippen LogP) is 8.47. The Morgan fingerprint density at radius 3 is 1.24 bits per heavy atom. The average Bonchev–Trinajstić information content (AvgIpc) is 2.81. The lowest BCUT2D eigenvalue weighted by atomic mass is 10.0. The van der Waals surface area contributed by atoms with Crippen LogP contribution in [-0.4, -0.2) is 7.11 Å². The van der Waals surface area contributed by atoms with E-state index in [0.717, 1.165) is 23.7 Å². The molecule has 0 saturated heterocycles. The minimum Gasteiger partial charge on any atom is -0.497 e. The number of hydrogen-bond donors (Lipinski definition) is 0. The minimum absolute atomic E-state index is 0.854. The van der Waals surface area contributed by atoms with Gasteiger partial charge >= 0.3 is 0 Å². The third-order valence-electron chi connectivity index (χ3n) is 3.75. The van der Waals surface area contributed by atoms with E-state index in [1.54, 1.807) is 7.11 Å². The van der Waals surface area contributed by atoms with E-state index in [9.17, 15) is 0 Å². The summed E-state index contributed by atoms with van der Waals surface area (Å²) < 4.78 is 11.0. The van der Waals surface area contributed by atoms with E-state index in [-0.39, 0.29) is 0 Å². The van der Waals surface area contributed by atoms with Gasteiger partial charge in [0.05, 0.1) is 7.11 Å². The zero-order chi connectivity index (χ0) is 22.1. The smallest absolute Gasteiger partial charge is 0.127 e. The highest BCUT2D eigenvalue weighted by Gasteiger charge is 2.00. The van der Waals surface area contributed by atoms with Crippen molar-refractivity contribution < 1.29 is 9.47 Å². The maximum absolute atomic E-state index is 5.85. The normalized spacial score (nSPS) is 8.83. The molecule has 0 radical (unpaired) electrons. The van der Waals surface area contributed by atoms with E-state index in [0.29, 0.717) is 0 Å². The fraction of sp³-hybridized carbons (Fsp3) is 0.333. The fourth-order valence-electron chi connectivity index (χ4n) is 2.40. The van der Waals surface area contributed by atoms with Crippen LogP contribution in [0.3, 0.4) is 0 Å². The molecule has 0 aliphatic heterocycles. The van der Waals surface area contributed by atoms with Crippen LogP contribution in [0.25, 0.3) is 0 Å². The Labute approximate surface area is 178 Å². The topological polar surface area (TPSA) is 18.5 Å². The predicted molar refractivity (Wildman–Crippen MR) is 128 cm³/mol. The van der Waals surface area contributed by atoms with Gasteiger partial charge in [-0.2, -0.15) is 0 Å². The zero-order valence-electron chi connectivity index (χ0n) is 19.5. The molecule has 2 nitrogen and oxygen atoms in total. The highest BCUT2D eigenvalue weighted by atomic mass is 16.5. The summed E-state index contributed by atoms with van der Waals surface area (Å²) in [6.45, 7) is 14.1. The molecule has 0 N–H and O–H groups in total. The van der Waals surface area contributed by atoms with Gasteiger partial charge in [-0.15, -0.1) is 0 Å². The number of ether oxygens (including phenoxy) is 2. The highest BCUT2D eigenvalue weighted by Crippen LogP contribution is 2.23. The fourth-order valence-corrected chi connectivity index (χ4v) is 2.40. The third-order valence-corrected chi connectivity index (χ3v) is 3.75. The van der Waals surface area contributed by atoms with Crippen LogP contribution in [0.15, 0.2) is 72.8 Å². The van der Waals surface area contributed by atoms with Gasteiger partial charge < -0.3 is 9.47 Å². The third kappa shape index (κ3) is 9.84.